The molecule has 24 heavy (non-hydrogen) atoms. The van der Waals surface area contributed by atoms with Crippen LogP contribution in [0.5, 0.6) is 0 Å². The Bertz CT molecular complexity index is 701. The summed E-state index contributed by atoms with van der Waals surface area (Å²) >= 11 is 0. The van der Waals surface area contributed by atoms with Crippen LogP contribution in [0.3, 0.4) is 0 Å². The highest BCUT2D eigenvalue weighted by molar-refractivity contribution is 5.83. The van der Waals surface area contributed by atoms with Crippen LogP contribution < -0.4 is 5.32 Å². The second-order valence-corrected chi connectivity index (χ2v) is 5.88. The van der Waals surface area contributed by atoms with E-state index in [1.807, 2.05) is 18.2 Å². The molecule has 0 spiro atoms. The smallest absolute Gasteiger partial charge is 0.246 e. The van der Waals surface area contributed by atoms with Crippen molar-refractivity contribution in [3.8, 4) is 0 Å². The molecule has 0 saturated heterocycles. The van der Waals surface area contributed by atoms with Gasteiger partial charge in [-0.2, -0.15) is 4.98 Å². The normalized spacial score (nSPS) is 16.7. The van der Waals surface area contributed by atoms with Gasteiger partial charge < -0.3 is 19.5 Å². The summed E-state index contributed by atoms with van der Waals surface area (Å²) in [6.07, 6.45) is 1.53. The van der Waals surface area contributed by atoms with Crippen LogP contribution in [0.25, 0.3) is 0 Å². The highest BCUT2D eigenvalue weighted by atomic mass is 16.5. The number of fused-ring (bicyclic) bond motifs is 1. The number of rotatable bonds is 6. The lowest BCUT2D eigenvalue weighted by atomic mass is 9.93. The van der Waals surface area contributed by atoms with Gasteiger partial charge in [0.2, 0.25) is 11.8 Å². The Morgan fingerprint density at radius 3 is 3.12 bits per heavy atom. The Balaban J connectivity index is 1.66. The van der Waals surface area contributed by atoms with E-state index in [1.165, 1.54) is 5.56 Å². The predicted molar refractivity (Wildman–Crippen MR) is 87.2 cm³/mol. The van der Waals surface area contributed by atoms with Crippen LogP contribution in [-0.4, -0.2) is 48.3 Å². The van der Waals surface area contributed by atoms with E-state index in [9.17, 15) is 4.79 Å². The first-order valence-corrected chi connectivity index (χ1v) is 8.05. The molecule has 1 aromatic heterocycles. The Labute approximate surface area is 141 Å². The first kappa shape index (κ1) is 16.6. The summed E-state index contributed by atoms with van der Waals surface area (Å²) in [6, 6.07) is 7.74. The van der Waals surface area contributed by atoms with Crippen molar-refractivity contribution in [2.75, 3.05) is 27.3 Å². The van der Waals surface area contributed by atoms with Crippen LogP contribution in [0.15, 0.2) is 28.8 Å². The van der Waals surface area contributed by atoms with Gasteiger partial charge in [-0.05, 0) is 17.5 Å². The molecule has 1 aromatic carbocycles. The van der Waals surface area contributed by atoms with Crippen molar-refractivity contribution in [1.29, 1.82) is 0 Å². The number of nitrogens with one attached hydrogen (secondary N) is 1. The summed E-state index contributed by atoms with van der Waals surface area (Å²) < 4.78 is 10.2. The van der Waals surface area contributed by atoms with Crippen molar-refractivity contribution in [1.82, 2.24) is 20.4 Å². The van der Waals surface area contributed by atoms with Gasteiger partial charge in [-0.3, -0.25) is 4.79 Å². The molecule has 1 atom stereocenters. The van der Waals surface area contributed by atoms with Crippen LogP contribution in [0.4, 0.5) is 0 Å². The van der Waals surface area contributed by atoms with E-state index < -0.39 is 0 Å². The van der Waals surface area contributed by atoms with Crippen LogP contribution in [-0.2, 0) is 28.9 Å². The topological polar surface area (TPSA) is 80.5 Å². The minimum atomic E-state index is -0.323. The third-order valence-electron chi connectivity index (χ3n) is 4.14. The number of benzene rings is 1. The van der Waals surface area contributed by atoms with Crippen molar-refractivity contribution in [3.05, 3.63) is 47.1 Å². The summed E-state index contributed by atoms with van der Waals surface area (Å²) in [4.78, 5) is 18.7. The van der Waals surface area contributed by atoms with E-state index in [2.05, 4.69) is 21.5 Å². The molecule has 1 aliphatic heterocycles. The number of carbonyl (C=O) groups excluding carboxylic acids is 1. The van der Waals surface area contributed by atoms with E-state index in [0.29, 0.717) is 31.3 Å². The Hall–Kier alpha value is -2.25. The molecule has 1 aliphatic rings. The minimum absolute atomic E-state index is 0.00112. The molecule has 0 unspecified atom stereocenters. The van der Waals surface area contributed by atoms with Gasteiger partial charge in [0.25, 0.3) is 0 Å². The lowest BCUT2D eigenvalue weighted by Gasteiger charge is -2.29. The molecule has 0 radical (unpaired) electrons. The highest BCUT2D eigenvalue weighted by Gasteiger charge is 2.28. The van der Waals surface area contributed by atoms with E-state index in [-0.39, 0.29) is 11.9 Å². The molecule has 7 nitrogen and oxygen atoms in total. The van der Waals surface area contributed by atoms with E-state index in [4.69, 9.17) is 9.26 Å². The zero-order valence-corrected chi connectivity index (χ0v) is 14.0. The summed E-state index contributed by atoms with van der Waals surface area (Å²) in [7, 11) is 3.38. The minimum Gasteiger partial charge on any atom is -0.384 e. The number of aromatic nitrogens is 2. The van der Waals surface area contributed by atoms with Crippen LogP contribution in [0.2, 0.25) is 0 Å². The molecular weight excluding hydrogens is 308 g/mol. The van der Waals surface area contributed by atoms with Crippen molar-refractivity contribution >= 4 is 5.91 Å². The molecule has 2 heterocycles. The fourth-order valence-electron chi connectivity index (χ4n) is 2.88. The lowest BCUT2D eigenvalue weighted by molar-refractivity contribution is -0.133. The van der Waals surface area contributed by atoms with Crippen LogP contribution in [0.1, 0.15) is 28.9 Å². The molecule has 7 heteroatoms. The molecule has 3 rings (SSSR count). The fourth-order valence-corrected chi connectivity index (χ4v) is 2.88. The Kier molecular flexibility index (Phi) is 5.22. The second-order valence-electron chi connectivity index (χ2n) is 5.88. The summed E-state index contributed by atoms with van der Waals surface area (Å²) in [5, 5.41) is 7.20. The zero-order chi connectivity index (χ0) is 16.9. The number of hydrogen-bond acceptors (Lipinski definition) is 6. The van der Waals surface area contributed by atoms with Gasteiger partial charge in [0.15, 0.2) is 5.82 Å². The van der Waals surface area contributed by atoms with Crippen LogP contribution in [0, 0.1) is 0 Å². The van der Waals surface area contributed by atoms with Crippen molar-refractivity contribution in [3.63, 3.8) is 0 Å². The highest BCUT2D eigenvalue weighted by Crippen LogP contribution is 2.24. The molecule has 2 aromatic rings. The van der Waals surface area contributed by atoms with Crippen molar-refractivity contribution in [2.24, 2.45) is 0 Å². The number of hydrogen-bond donors (Lipinski definition) is 1. The first-order valence-electron chi connectivity index (χ1n) is 8.05. The molecule has 0 fully saturated rings. The molecule has 0 aliphatic carbocycles. The number of carbonyl (C=O) groups is 1. The van der Waals surface area contributed by atoms with Gasteiger partial charge in [0.1, 0.15) is 6.04 Å². The molecule has 1 amide bonds. The molecule has 1 N–H and O–H groups in total. The van der Waals surface area contributed by atoms with Gasteiger partial charge in [-0.1, -0.05) is 29.4 Å². The maximum atomic E-state index is 12.8. The van der Waals surface area contributed by atoms with Gasteiger partial charge in [-0.25, -0.2) is 0 Å². The molecular formula is C17H22N4O3. The molecule has 0 saturated carbocycles. The summed E-state index contributed by atoms with van der Waals surface area (Å²) in [6.45, 7) is 1.62. The average molecular weight is 330 g/mol. The average Bonchev–Trinajstić information content (AvgIpc) is 3.06. The maximum absolute atomic E-state index is 12.8. The van der Waals surface area contributed by atoms with Crippen LogP contribution >= 0.6 is 0 Å². The number of nitrogens with zero attached hydrogens (tertiary/aromatic N) is 3. The number of likely N-dealkylation sites (N-methyl/N-ethyl adjacent to an activating group) is 1. The molecule has 0 bridgehead atoms. The predicted octanol–water partition coefficient (Wildman–Crippen LogP) is 1.10. The number of ether oxygens (including phenoxy) is 1. The largest absolute Gasteiger partial charge is 0.384 e. The zero-order valence-electron chi connectivity index (χ0n) is 14.0. The van der Waals surface area contributed by atoms with Gasteiger partial charge >= 0.3 is 0 Å². The first-order chi connectivity index (χ1) is 11.7. The Morgan fingerprint density at radius 1 is 1.46 bits per heavy atom. The number of amides is 1. The van der Waals surface area contributed by atoms with E-state index in [0.717, 1.165) is 18.5 Å². The standard InChI is InChI=1S/C17H22N4O3/c1-21(11-15-19-14(20-24-15)8-10-23-2)17(22)16-13-6-4-3-5-12(13)7-9-18-16/h3-6,16,18H,7-11H2,1-2H3/t16-/m0/s1. The Morgan fingerprint density at radius 2 is 2.29 bits per heavy atom. The molecule has 128 valence electrons. The van der Waals surface area contributed by atoms with Crippen molar-refractivity contribution < 1.29 is 14.1 Å². The van der Waals surface area contributed by atoms with Crippen molar-refractivity contribution in [2.45, 2.75) is 25.4 Å². The van der Waals surface area contributed by atoms with Gasteiger partial charge in [0.05, 0.1) is 13.2 Å². The van der Waals surface area contributed by atoms with Gasteiger partial charge in [0, 0.05) is 27.1 Å². The third-order valence-corrected chi connectivity index (χ3v) is 4.14. The maximum Gasteiger partial charge on any atom is 0.246 e. The number of methoxy groups -OCH3 is 1. The monoisotopic (exact) mass is 330 g/mol. The van der Waals surface area contributed by atoms with Gasteiger partial charge in [-0.15, -0.1) is 0 Å². The summed E-state index contributed by atoms with van der Waals surface area (Å²) in [5.41, 5.74) is 2.27. The summed E-state index contributed by atoms with van der Waals surface area (Å²) in [5.74, 6) is 1.02. The van der Waals surface area contributed by atoms with E-state index in [1.54, 1.807) is 19.1 Å². The quantitative estimate of drug-likeness (QED) is 0.854. The fraction of sp³-hybridized carbons (Fsp3) is 0.471. The lowest BCUT2D eigenvalue weighted by Crippen LogP contribution is -2.42. The van der Waals surface area contributed by atoms with E-state index >= 15 is 0 Å². The SMILES string of the molecule is COCCc1noc(CN(C)C(=O)[C@H]2NCCc3ccccc32)n1. The second kappa shape index (κ2) is 7.55. The third kappa shape index (κ3) is 3.63.